The monoisotopic (exact) mass is 501 g/mol. The molecule has 0 atom stereocenters. The smallest absolute Gasteiger partial charge is 0.291 e. The van der Waals surface area contributed by atoms with Gasteiger partial charge in [0, 0.05) is 11.3 Å². The van der Waals surface area contributed by atoms with Crippen LogP contribution in [0.5, 0.6) is 17.2 Å². The van der Waals surface area contributed by atoms with Crippen LogP contribution in [0, 0.1) is 0 Å². The van der Waals surface area contributed by atoms with Gasteiger partial charge >= 0.3 is 0 Å². The quantitative estimate of drug-likeness (QED) is 0.256. The summed E-state index contributed by atoms with van der Waals surface area (Å²) in [5, 5.41) is 13.7. The van der Waals surface area contributed by atoms with E-state index >= 15 is 0 Å². The number of ether oxygens (including phenoxy) is 2. The fraction of sp³-hybridized carbons (Fsp3) is 0.0400. The van der Waals surface area contributed by atoms with Crippen molar-refractivity contribution in [3.8, 4) is 28.5 Å². The summed E-state index contributed by atoms with van der Waals surface area (Å²) in [7, 11) is 1.61. The van der Waals surface area contributed by atoms with Gasteiger partial charge in [0.2, 0.25) is 0 Å². The highest BCUT2D eigenvalue weighted by atomic mass is 32.1. The highest BCUT2D eigenvalue weighted by Gasteiger charge is 2.15. The summed E-state index contributed by atoms with van der Waals surface area (Å²) in [6, 6.07) is 24.4. The van der Waals surface area contributed by atoms with Crippen molar-refractivity contribution < 1.29 is 9.47 Å². The van der Waals surface area contributed by atoms with Gasteiger partial charge < -0.3 is 20.1 Å². The Kier molecular flexibility index (Phi) is 6.38. The van der Waals surface area contributed by atoms with Gasteiger partial charge in [-0.15, -0.1) is 0 Å². The van der Waals surface area contributed by atoms with Crippen LogP contribution in [0.25, 0.3) is 21.5 Å². The van der Waals surface area contributed by atoms with Crippen molar-refractivity contribution in [3.63, 3.8) is 0 Å². The molecule has 5 aromatic rings. The SMILES string of the molecule is COc1ccc(-c2n[nH]c(=O)c3nc(NC(=S)Nc4ccc(Oc5ccccc5)cc4)sc23)cc1. The van der Waals surface area contributed by atoms with E-state index in [-0.39, 0.29) is 5.56 Å². The highest BCUT2D eigenvalue weighted by Crippen LogP contribution is 2.32. The molecule has 0 radical (unpaired) electrons. The van der Waals surface area contributed by atoms with E-state index in [4.69, 9.17) is 21.7 Å². The van der Waals surface area contributed by atoms with Crippen LogP contribution in [0.4, 0.5) is 10.8 Å². The lowest BCUT2D eigenvalue weighted by Crippen LogP contribution is -2.19. The zero-order chi connectivity index (χ0) is 24.2. The third-order valence-corrected chi connectivity index (χ3v) is 6.18. The maximum absolute atomic E-state index is 12.3. The molecule has 0 unspecified atom stereocenters. The molecule has 0 aliphatic rings. The predicted molar refractivity (Wildman–Crippen MR) is 143 cm³/mol. The van der Waals surface area contributed by atoms with Gasteiger partial charge in [-0.3, -0.25) is 4.79 Å². The predicted octanol–water partition coefficient (Wildman–Crippen LogP) is 5.66. The molecule has 5 rings (SSSR count). The lowest BCUT2D eigenvalue weighted by Gasteiger charge is -2.10. The minimum atomic E-state index is -0.366. The van der Waals surface area contributed by atoms with E-state index in [9.17, 15) is 4.79 Å². The van der Waals surface area contributed by atoms with Gasteiger partial charge in [-0.1, -0.05) is 29.5 Å². The number of rotatable bonds is 6. The number of hydrogen-bond acceptors (Lipinski definition) is 7. The van der Waals surface area contributed by atoms with Gasteiger partial charge in [-0.25, -0.2) is 10.1 Å². The molecule has 0 spiro atoms. The third kappa shape index (κ3) is 5.13. The number of thiazole rings is 1. The molecule has 0 fully saturated rings. The molecule has 0 saturated heterocycles. The number of nitrogens with zero attached hydrogens (tertiary/aromatic N) is 2. The molecule has 8 nitrogen and oxygen atoms in total. The second-order valence-electron chi connectivity index (χ2n) is 7.35. The van der Waals surface area contributed by atoms with Crippen LogP contribution < -0.4 is 25.7 Å². The number of benzene rings is 3. The molecule has 35 heavy (non-hydrogen) atoms. The minimum Gasteiger partial charge on any atom is -0.497 e. The van der Waals surface area contributed by atoms with Gasteiger partial charge in [-0.05, 0) is 72.9 Å². The number of aromatic nitrogens is 3. The van der Waals surface area contributed by atoms with Crippen molar-refractivity contribution in [2.24, 2.45) is 0 Å². The van der Waals surface area contributed by atoms with Crippen LogP contribution in [-0.2, 0) is 0 Å². The van der Waals surface area contributed by atoms with Crippen molar-refractivity contribution in [1.82, 2.24) is 15.2 Å². The Bertz CT molecular complexity index is 1530. The summed E-state index contributed by atoms with van der Waals surface area (Å²) in [4.78, 5) is 16.8. The molecule has 2 aromatic heterocycles. The van der Waals surface area contributed by atoms with Crippen molar-refractivity contribution in [2.75, 3.05) is 17.7 Å². The van der Waals surface area contributed by atoms with Crippen molar-refractivity contribution in [3.05, 3.63) is 89.2 Å². The number of para-hydroxylation sites is 1. The molecule has 3 aromatic carbocycles. The molecule has 2 heterocycles. The molecule has 0 bridgehead atoms. The molecule has 3 N–H and O–H groups in total. The molecule has 0 amide bonds. The molecule has 0 aliphatic carbocycles. The molecular formula is C25H19N5O3S2. The Morgan fingerprint density at radius 2 is 1.60 bits per heavy atom. The summed E-state index contributed by atoms with van der Waals surface area (Å²) in [6.45, 7) is 0. The summed E-state index contributed by atoms with van der Waals surface area (Å²) in [5.74, 6) is 2.21. The number of hydrogen-bond donors (Lipinski definition) is 3. The first-order valence-electron chi connectivity index (χ1n) is 10.5. The molecule has 174 valence electrons. The fourth-order valence-electron chi connectivity index (χ4n) is 3.33. The summed E-state index contributed by atoms with van der Waals surface area (Å²) in [5.41, 5.74) is 2.17. The normalized spacial score (nSPS) is 10.7. The second-order valence-corrected chi connectivity index (χ2v) is 8.75. The number of H-pyrrole nitrogens is 1. The van der Waals surface area contributed by atoms with E-state index in [2.05, 4.69) is 25.8 Å². The summed E-state index contributed by atoms with van der Waals surface area (Å²) >= 11 is 6.75. The van der Waals surface area contributed by atoms with Crippen LogP contribution >= 0.6 is 23.6 Å². The van der Waals surface area contributed by atoms with Crippen LogP contribution in [-0.4, -0.2) is 27.4 Å². The number of nitrogens with one attached hydrogen (secondary N) is 3. The van der Waals surface area contributed by atoms with E-state index in [1.807, 2.05) is 78.9 Å². The first-order chi connectivity index (χ1) is 17.1. The molecule has 0 aliphatic heterocycles. The van der Waals surface area contributed by atoms with Crippen LogP contribution in [0.1, 0.15) is 0 Å². The molecule has 0 saturated carbocycles. The van der Waals surface area contributed by atoms with E-state index in [0.29, 0.717) is 31.9 Å². The number of aromatic amines is 1. The van der Waals surface area contributed by atoms with E-state index in [0.717, 1.165) is 22.7 Å². The third-order valence-electron chi connectivity index (χ3n) is 5.00. The lowest BCUT2D eigenvalue weighted by atomic mass is 10.1. The van der Waals surface area contributed by atoms with Gasteiger partial charge in [0.25, 0.3) is 5.56 Å². The van der Waals surface area contributed by atoms with Gasteiger partial charge in [0.1, 0.15) is 22.9 Å². The van der Waals surface area contributed by atoms with Crippen molar-refractivity contribution in [1.29, 1.82) is 0 Å². The number of anilines is 2. The maximum Gasteiger partial charge on any atom is 0.291 e. The van der Waals surface area contributed by atoms with Crippen molar-refractivity contribution >= 4 is 49.7 Å². The number of methoxy groups -OCH3 is 1. The minimum absolute atomic E-state index is 0.295. The Hall–Kier alpha value is -4.28. The number of fused-ring (bicyclic) bond motifs is 1. The van der Waals surface area contributed by atoms with E-state index in [1.165, 1.54) is 11.3 Å². The number of thiocarbonyl (C=S) groups is 1. The van der Waals surface area contributed by atoms with E-state index in [1.54, 1.807) is 7.11 Å². The summed E-state index contributed by atoms with van der Waals surface area (Å²) < 4.78 is 11.7. The average Bonchev–Trinajstić information content (AvgIpc) is 3.30. The Balaban J connectivity index is 1.30. The molecule has 10 heteroatoms. The average molecular weight is 502 g/mol. The zero-order valence-electron chi connectivity index (χ0n) is 18.4. The molecular weight excluding hydrogens is 482 g/mol. The van der Waals surface area contributed by atoms with Gasteiger partial charge in [-0.2, -0.15) is 5.10 Å². The standard InChI is InChI=1S/C25H19N5O3S2/c1-32-17-11-7-15(8-12-17)20-22-21(23(31)30-29-20)27-25(35-22)28-24(34)26-16-9-13-19(14-10-16)33-18-5-3-2-4-6-18/h2-14H,1H3,(H,30,31)(H2,26,27,28,34). The van der Waals surface area contributed by atoms with Crippen LogP contribution in [0.3, 0.4) is 0 Å². The zero-order valence-corrected chi connectivity index (χ0v) is 20.1. The van der Waals surface area contributed by atoms with Crippen LogP contribution in [0.2, 0.25) is 0 Å². The first kappa shape index (κ1) is 22.5. The van der Waals surface area contributed by atoms with E-state index < -0.39 is 0 Å². The van der Waals surface area contributed by atoms with Crippen molar-refractivity contribution in [2.45, 2.75) is 0 Å². The van der Waals surface area contributed by atoms with Gasteiger partial charge in [0.15, 0.2) is 15.8 Å². The van der Waals surface area contributed by atoms with Crippen LogP contribution in [0.15, 0.2) is 83.7 Å². The van der Waals surface area contributed by atoms with Gasteiger partial charge in [0.05, 0.1) is 11.8 Å². The Morgan fingerprint density at radius 3 is 2.31 bits per heavy atom. The summed E-state index contributed by atoms with van der Waals surface area (Å²) in [6.07, 6.45) is 0. The Morgan fingerprint density at radius 1 is 0.914 bits per heavy atom. The topological polar surface area (TPSA) is 101 Å². The second kappa shape index (κ2) is 9.92. The lowest BCUT2D eigenvalue weighted by molar-refractivity contribution is 0.415. The fourth-order valence-corrected chi connectivity index (χ4v) is 4.59. The maximum atomic E-state index is 12.3. The largest absolute Gasteiger partial charge is 0.497 e. The Labute approximate surface area is 209 Å². The first-order valence-corrected chi connectivity index (χ1v) is 11.8. The highest BCUT2D eigenvalue weighted by molar-refractivity contribution is 7.80.